The van der Waals surface area contributed by atoms with Crippen molar-refractivity contribution >= 4 is 0 Å². The van der Waals surface area contributed by atoms with Gasteiger partial charge in [-0.05, 0) is 18.1 Å². The van der Waals surface area contributed by atoms with Gasteiger partial charge in [0, 0.05) is 13.0 Å². The Bertz CT molecular complexity index is 526. The van der Waals surface area contributed by atoms with Crippen molar-refractivity contribution in [3.05, 3.63) is 42.2 Å². The van der Waals surface area contributed by atoms with Crippen LogP contribution in [-0.2, 0) is 13.0 Å². The first-order chi connectivity index (χ1) is 9.35. The van der Waals surface area contributed by atoms with Crippen LogP contribution in [0.1, 0.15) is 18.9 Å². The Morgan fingerprint density at radius 1 is 1.42 bits per heavy atom. The molecule has 0 amide bonds. The summed E-state index contributed by atoms with van der Waals surface area (Å²) in [6.45, 7) is 3.62. The van der Waals surface area contributed by atoms with Gasteiger partial charge < -0.3 is 9.47 Å². The third-order valence-corrected chi connectivity index (χ3v) is 3.21. The Morgan fingerprint density at radius 2 is 2.32 bits per heavy atom. The first-order valence-corrected chi connectivity index (χ1v) is 6.75. The third-order valence-electron chi connectivity index (χ3n) is 3.21. The first-order valence-electron chi connectivity index (χ1n) is 6.75. The second-order valence-electron chi connectivity index (χ2n) is 4.80. The van der Waals surface area contributed by atoms with Crippen LogP contribution in [0.5, 0.6) is 11.5 Å². The van der Waals surface area contributed by atoms with Crippen molar-refractivity contribution in [3.8, 4) is 11.5 Å². The minimum absolute atomic E-state index is 0.104. The molecule has 0 N–H and O–H groups in total. The molecule has 2 aromatic rings. The normalized spacial score (nSPS) is 17.0. The molecule has 1 aliphatic heterocycles. The summed E-state index contributed by atoms with van der Waals surface area (Å²) in [6.07, 6.45) is 5.79. The van der Waals surface area contributed by atoms with Crippen LogP contribution in [0.15, 0.2) is 36.7 Å². The van der Waals surface area contributed by atoms with E-state index in [4.69, 9.17) is 9.47 Å². The maximum absolute atomic E-state index is 5.83. The van der Waals surface area contributed by atoms with Crippen LogP contribution in [0.3, 0.4) is 0 Å². The van der Waals surface area contributed by atoms with Crippen molar-refractivity contribution < 1.29 is 9.47 Å². The molecule has 0 bridgehead atoms. The van der Waals surface area contributed by atoms with Crippen LogP contribution in [0, 0.1) is 0 Å². The van der Waals surface area contributed by atoms with E-state index in [1.54, 1.807) is 6.20 Å². The lowest BCUT2D eigenvalue weighted by Crippen LogP contribution is -2.22. The number of hydrogen-bond acceptors (Lipinski definition) is 3. The molecule has 0 aliphatic carbocycles. The van der Waals surface area contributed by atoms with E-state index in [-0.39, 0.29) is 6.10 Å². The molecule has 100 valence electrons. The number of aryl methyl sites for hydroxylation is 1. The van der Waals surface area contributed by atoms with E-state index in [0.717, 1.165) is 30.9 Å². The Hall–Kier alpha value is -1.97. The van der Waals surface area contributed by atoms with Crippen LogP contribution in [0.25, 0.3) is 0 Å². The number of benzene rings is 1. The van der Waals surface area contributed by atoms with Gasteiger partial charge in [0.25, 0.3) is 0 Å². The van der Waals surface area contributed by atoms with E-state index < -0.39 is 0 Å². The van der Waals surface area contributed by atoms with Gasteiger partial charge in [0.15, 0.2) is 5.75 Å². The molecule has 3 rings (SSSR count). The fourth-order valence-electron chi connectivity index (χ4n) is 2.31. The maximum atomic E-state index is 5.83. The average Bonchev–Trinajstić information content (AvgIpc) is 3.02. The van der Waals surface area contributed by atoms with Gasteiger partial charge in [-0.2, -0.15) is 5.10 Å². The van der Waals surface area contributed by atoms with Gasteiger partial charge in [-0.25, -0.2) is 0 Å². The molecule has 0 spiro atoms. The molecule has 0 radical (unpaired) electrons. The molecule has 0 saturated heterocycles. The smallest absolute Gasteiger partial charge is 0.157 e. The zero-order valence-electron chi connectivity index (χ0n) is 11.1. The van der Waals surface area contributed by atoms with E-state index in [1.165, 1.54) is 5.56 Å². The van der Waals surface area contributed by atoms with Crippen molar-refractivity contribution in [2.75, 3.05) is 6.61 Å². The van der Waals surface area contributed by atoms with Gasteiger partial charge in [0.05, 0.1) is 12.4 Å². The lowest BCUT2D eigenvalue weighted by atomic mass is 10.1. The second-order valence-corrected chi connectivity index (χ2v) is 4.80. The van der Waals surface area contributed by atoms with Crippen molar-refractivity contribution in [3.63, 3.8) is 0 Å². The number of aromatic nitrogens is 2. The number of fused-ring (bicyclic) bond motifs is 1. The lowest BCUT2D eigenvalue weighted by molar-refractivity contribution is 0.148. The van der Waals surface area contributed by atoms with E-state index in [9.17, 15) is 0 Å². The number of hydrogen-bond donors (Lipinski definition) is 0. The Kier molecular flexibility index (Phi) is 3.40. The van der Waals surface area contributed by atoms with Gasteiger partial charge >= 0.3 is 0 Å². The third kappa shape index (κ3) is 2.72. The zero-order valence-corrected chi connectivity index (χ0v) is 11.1. The standard InChI is InChI=1S/C15H18N2O2/c1-2-7-17-10-14(9-16-17)18-11-13-8-12-5-3-4-6-15(12)19-13/h3-6,9-10,13H,2,7-8,11H2,1H3. The van der Waals surface area contributed by atoms with Crippen LogP contribution in [0.2, 0.25) is 0 Å². The minimum Gasteiger partial charge on any atom is -0.486 e. The molecule has 1 aromatic heterocycles. The van der Waals surface area contributed by atoms with Crippen LogP contribution < -0.4 is 9.47 Å². The fourth-order valence-corrected chi connectivity index (χ4v) is 2.31. The summed E-state index contributed by atoms with van der Waals surface area (Å²) in [7, 11) is 0. The highest BCUT2D eigenvalue weighted by atomic mass is 16.5. The maximum Gasteiger partial charge on any atom is 0.157 e. The highest BCUT2D eigenvalue weighted by Gasteiger charge is 2.22. The molecule has 4 heteroatoms. The summed E-state index contributed by atoms with van der Waals surface area (Å²) in [5, 5.41) is 4.24. The van der Waals surface area contributed by atoms with E-state index in [2.05, 4.69) is 18.1 Å². The summed E-state index contributed by atoms with van der Waals surface area (Å²) in [5.41, 5.74) is 1.26. The Balaban J connectivity index is 1.53. The fraction of sp³-hybridized carbons (Fsp3) is 0.400. The number of nitrogens with zero attached hydrogens (tertiary/aromatic N) is 2. The predicted octanol–water partition coefficient (Wildman–Crippen LogP) is 2.68. The molecule has 19 heavy (non-hydrogen) atoms. The van der Waals surface area contributed by atoms with Crippen molar-refractivity contribution in [2.24, 2.45) is 0 Å². The lowest BCUT2D eigenvalue weighted by Gasteiger charge is -2.10. The van der Waals surface area contributed by atoms with Crippen LogP contribution in [0.4, 0.5) is 0 Å². The summed E-state index contributed by atoms with van der Waals surface area (Å²) < 4.78 is 13.5. The van der Waals surface area contributed by atoms with Gasteiger partial charge in [-0.15, -0.1) is 0 Å². The van der Waals surface area contributed by atoms with E-state index >= 15 is 0 Å². The van der Waals surface area contributed by atoms with Crippen molar-refractivity contribution in [2.45, 2.75) is 32.4 Å². The zero-order chi connectivity index (χ0) is 13.1. The summed E-state index contributed by atoms with van der Waals surface area (Å²) in [6, 6.07) is 8.15. The topological polar surface area (TPSA) is 36.3 Å². The largest absolute Gasteiger partial charge is 0.486 e. The van der Waals surface area contributed by atoms with Crippen molar-refractivity contribution in [1.29, 1.82) is 0 Å². The summed E-state index contributed by atoms with van der Waals surface area (Å²) in [4.78, 5) is 0. The minimum atomic E-state index is 0.104. The average molecular weight is 258 g/mol. The summed E-state index contributed by atoms with van der Waals surface area (Å²) >= 11 is 0. The predicted molar refractivity (Wildman–Crippen MR) is 72.6 cm³/mol. The highest BCUT2D eigenvalue weighted by molar-refractivity contribution is 5.37. The highest BCUT2D eigenvalue weighted by Crippen LogP contribution is 2.28. The van der Waals surface area contributed by atoms with Gasteiger partial charge in [-0.1, -0.05) is 25.1 Å². The molecule has 2 heterocycles. The van der Waals surface area contributed by atoms with Gasteiger partial charge in [-0.3, -0.25) is 4.68 Å². The molecule has 1 atom stereocenters. The van der Waals surface area contributed by atoms with Crippen LogP contribution in [-0.4, -0.2) is 22.5 Å². The number of para-hydroxylation sites is 1. The molecule has 0 fully saturated rings. The number of ether oxygens (including phenoxy) is 2. The molecule has 1 aromatic carbocycles. The molecular weight excluding hydrogens is 240 g/mol. The Morgan fingerprint density at radius 3 is 3.16 bits per heavy atom. The van der Waals surface area contributed by atoms with Crippen LogP contribution >= 0.6 is 0 Å². The summed E-state index contributed by atoms with van der Waals surface area (Å²) in [5.74, 6) is 1.80. The molecule has 1 unspecified atom stereocenters. The van der Waals surface area contributed by atoms with Crippen molar-refractivity contribution in [1.82, 2.24) is 9.78 Å². The second kappa shape index (κ2) is 5.34. The Labute approximate surface area is 113 Å². The number of rotatable bonds is 5. The molecule has 0 saturated carbocycles. The monoisotopic (exact) mass is 258 g/mol. The quantitative estimate of drug-likeness (QED) is 0.827. The SMILES string of the molecule is CCCn1cc(OCC2Cc3ccccc3O2)cn1. The molecule has 1 aliphatic rings. The first kappa shape index (κ1) is 12.1. The van der Waals surface area contributed by atoms with Gasteiger partial charge in [0.1, 0.15) is 18.5 Å². The molecule has 4 nitrogen and oxygen atoms in total. The van der Waals surface area contributed by atoms with E-state index in [1.807, 2.05) is 29.1 Å². The van der Waals surface area contributed by atoms with E-state index in [0.29, 0.717) is 6.61 Å². The van der Waals surface area contributed by atoms with Gasteiger partial charge in [0.2, 0.25) is 0 Å². The molecular formula is C15H18N2O2.